The summed E-state index contributed by atoms with van der Waals surface area (Å²) in [6, 6.07) is 20.5. The zero-order valence-corrected chi connectivity index (χ0v) is 18.9. The minimum atomic E-state index is -1.70. The van der Waals surface area contributed by atoms with Crippen molar-refractivity contribution < 1.29 is 27.2 Å². The first kappa shape index (κ1) is 24.1. The van der Waals surface area contributed by atoms with Gasteiger partial charge in [-0.15, -0.1) is 0 Å². The number of carbonyl (C=O) groups is 2. The molecule has 0 radical (unpaired) electrons. The molecule has 0 aliphatic heterocycles. The van der Waals surface area contributed by atoms with E-state index in [-0.39, 0.29) is 11.0 Å². The lowest BCUT2D eigenvalue weighted by Gasteiger charge is -2.08. The van der Waals surface area contributed by atoms with E-state index in [0.717, 1.165) is 29.0 Å². The lowest BCUT2D eigenvalue weighted by molar-refractivity contribution is -0.122. The van der Waals surface area contributed by atoms with Crippen LogP contribution in [0.5, 0.6) is 0 Å². The number of amides is 2. The quantitative estimate of drug-likeness (QED) is 0.256. The first-order valence-electron chi connectivity index (χ1n) is 10.4. The Morgan fingerprint density at radius 2 is 1.49 bits per heavy atom. The molecule has 2 amide bonds. The van der Waals surface area contributed by atoms with E-state index in [2.05, 4.69) is 15.6 Å². The molecule has 0 spiro atoms. The van der Waals surface area contributed by atoms with E-state index in [4.69, 9.17) is 4.42 Å². The average Bonchev–Trinajstić information content (AvgIpc) is 3.32. The van der Waals surface area contributed by atoms with Crippen molar-refractivity contribution in [3.05, 3.63) is 90.2 Å². The van der Waals surface area contributed by atoms with Gasteiger partial charge in [0.25, 0.3) is 5.22 Å². The van der Waals surface area contributed by atoms with Crippen LogP contribution in [0.3, 0.4) is 0 Å². The summed E-state index contributed by atoms with van der Waals surface area (Å²) in [6.07, 6.45) is 0. The normalized spacial score (nSPS) is 10.7. The van der Waals surface area contributed by atoms with Gasteiger partial charge in [-0.05, 0) is 12.1 Å². The van der Waals surface area contributed by atoms with Gasteiger partial charge in [0, 0.05) is 11.1 Å². The Bertz CT molecular complexity index is 1290. The molecule has 0 unspecified atom stereocenters. The molecule has 0 fully saturated rings. The molecule has 6 nitrogen and oxygen atoms in total. The zero-order chi connectivity index (χ0) is 24.8. The third-order valence-corrected chi connectivity index (χ3v) is 5.60. The standard InChI is InChI=1S/C25H18F3N3O3S/c26-17-11-12-18(22(28)21(17)27)30-19(32)13-29-20(33)14-35-25-31-23(15-7-3-1-4-8-15)24(34-25)16-9-5-2-6-10-16/h1-12H,13-14H2,(H,29,33)(H,30,32). The van der Waals surface area contributed by atoms with Crippen molar-refractivity contribution in [1.29, 1.82) is 0 Å². The maximum atomic E-state index is 13.7. The predicted octanol–water partition coefficient (Wildman–Crippen LogP) is 5.27. The fourth-order valence-electron chi connectivity index (χ4n) is 3.11. The van der Waals surface area contributed by atoms with Crippen LogP contribution in [0.25, 0.3) is 22.6 Å². The molecule has 1 heterocycles. The number of hydrogen-bond donors (Lipinski definition) is 2. The van der Waals surface area contributed by atoms with Crippen molar-refractivity contribution in [3.63, 3.8) is 0 Å². The van der Waals surface area contributed by atoms with Crippen LogP contribution in [0.4, 0.5) is 18.9 Å². The number of anilines is 1. The second-order valence-corrected chi connectivity index (χ2v) is 8.15. The molecule has 0 aliphatic carbocycles. The van der Waals surface area contributed by atoms with Crippen molar-refractivity contribution in [2.24, 2.45) is 0 Å². The number of halogens is 3. The highest BCUT2D eigenvalue weighted by Crippen LogP contribution is 2.35. The molecule has 35 heavy (non-hydrogen) atoms. The minimum Gasteiger partial charge on any atom is -0.431 e. The van der Waals surface area contributed by atoms with Crippen LogP contribution in [0, 0.1) is 17.5 Å². The summed E-state index contributed by atoms with van der Waals surface area (Å²) in [4.78, 5) is 28.7. The lowest BCUT2D eigenvalue weighted by atomic mass is 10.1. The Balaban J connectivity index is 1.37. The lowest BCUT2D eigenvalue weighted by Crippen LogP contribution is -2.34. The summed E-state index contributed by atoms with van der Waals surface area (Å²) in [5.41, 5.74) is 1.79. The SMILES string of the molecule is O=C(CSc1nc(-c2ccccc2)c(-c2ccccc2)o1)NCC(=O)Nc1ccc(F)c(F)c1F. The van der Waals surface area contributed by atoms with Crippen LogP contribution in [-0.2, 0) is 9.59 Å². The first-order chi connectivity index (χ1) is 16.9. The van der Waals surface area contributed by atoms with Crippen molar-refractivity contribution in [1.82, 2.24) is 10.3 Å². The van der Waals surface area contributed by atoms with E-state index >= 15 is 0 Å². The third-order valence-electron chi connectivity index (χ3n) is 4.77. The number of oxazole rings is 1. The summed E-state index contributed by atoms with van der Waals surface area (Å²) in [6.45, 7) is -0.492. The fraction of sp³-hybridized carbons (Fsp3) is 0.0800. The number of hydrogen-bond acceptors (Lipinski definition) is 5. The van der Waals surface area contributed by atoms with Crippen LogP contribution < -0.4 is 10.6 Å². The van der Waals surface area contributed by atoms with Crippen LogP contribution in [-0.4, -0.2) is 29.1 Å². The van der Waals surface area contributed by atoms with Gasteiger partial charge in [0.1, 0.15) is 5.69 Å². The van der Waals surface area contributed by atoms with E-state index in [9.17, 15) is 22.8 Å². The second kappa shape index (κ2) is 10.9. The number of thioether (sulfide) groups is 1. The summed E-state index contributed by atoms with van der Waals surface area (Å²) >= 11 is 1.04. The van der Waals surface area contributed by atoms with Gasteiger partial charge in [-0.25, -0.2) is 18.2 Å². The molecule has 1 aromatic heterocycles. The topological polar surface area (TPSA) is 84.2 Å². The summed E-state index contributed by atoms with van der Waals surface area (Å²) in [5.74, 6) is -5.43. The molecule has 178 valence electrons. The number of nitrogens with one attached hydrogen (secondary N) is 2. The van der Waals surface area contributed by atoms with Crippen molar-refractivity contribution in [3.8, 4) is 22.6 Å². The van der Waals surface area contributed by atoms with Gasteiger partial charge < -0.3 is 15.1 Å². The van der Waals surface area contributed by atoms with Crippen molar-refractivity contribution in [2.45, 2.75) is 5.22 Å². The van der Waals surface area contributed by atoms with E-state index in [1.54, 1.807) is 0 Å². The number of rotatable bonds is 8. The number of carbonyl (C=O) groups excluding carboxylic acids is 2. The summed E-state index contributed by atoms with van der Waals surface area (Å²) in [5, 5.41) is 4.72. The molecule has 3 aromatic carbocycles. The van der Waals surface area contributed by atoms with Gasteiger partial charge in [-0.1, -0.05) is 72.4 Å². The van der Waals surface area contributed by atoms with Gasteiger partial charge in [-0.2, -0.15) is 0 Å². The third kappa shape index (κ3) is 5.90. The molecule has 0 atom stereocenters. The Hall–Kier alpha value is -4.05. The molecular weight excluding hydrogens is 479 g/mol. The zero-order valence-electron chi connectivity index (χ0n) is 18.1. The van der Waals surface area contributed by atoms with Gasteiger partial charge >= 0.3 is 0 Å². The molecular formula is C25H18F3N3O3S. The Labute approximate surface area is 202 Å². The van der Waals surface area contributed by atoms with E-state index in [0.29, 0.717) is 17.5 Å². The van der Waals surface area contributed by atoms with Crippen LogP contribution in [0.2, 0.25) is 0 Å². The van der Waals surface area contributed by atoms with Crippen molar-refractivity contribution >= 4 is 29.3 Å². The molecule has 0 aliphatic rings. The monoisotopic (exact) mass is 497 g/mol. The molecule has 4 aromatic rings. The van der Waals surface area contributed by atoms with Gasteiger partial charge in [0.05, 0.1) is 18.0 Å². The molecule has 0 saturated carbocycles. The highest BCUT2D eigenvalue weighted by atomic mass is 32.2. The number of nitrogens with zero attached hydrogens (tertiary/aromatic N) is 1. The van der Waals surface area contributed by atoms with Crippen LogP contribution >= 0.6 is 11.8 Å². The maximum Gasteiger partial charge on any atom is 0.257 e. The minimum absolute atomic E-state index is 0.101. The largest absolute Gasteiger partial charge is 0.431 e. The molecule has 10 heteroatoms. The maximum absolute atomic E-state index is 13.7. The predicted molar refractivity (Wildman–Crippen MR) is 126 cm³/mol. The highest BCUT2D eigenvalue weighted by Gasteiger charge is 2.19. The average molecular weight is 497 g/mol. The van der Waals surface area contributed by atoms with E-state index in [1.165, 1.54) is 0 Å². The summed E-state index contributed by atoms with van der Waals surface area (Å²) < 4.78 is 45.9. The summed E-state index contributed by atoms with van der Waals surface area (Å²) in [7, 11) is 0. The number of aromatic nitrogens is 1. The highest BCUT2D eigenvalue weighted by molar-refractivity contribution is 7.99. The molecule has 0 bridgehead atoms. The Morgan fingerprint density at radius 3 is 2.17 bits per heavy atom. The van der Waals surface area contributed by atoms with Crippen LogP contribution in [0.1, 0.15) is 0 Å². The molecule has 0 saturated heterocycles. The molecule has 2 N–H and O–H groups in total. The smallest absolute Gasteiger partial charge is 0.257 e. The van der Waals surface area contributed by atoms with Gasteiger partial charge in [0.15, 0.2) is 23.2 Å². The van der Waals surface area contributed by atoms with Crippen LogP contribution in [0.15, 0.2) is 82.4 Å². The van der Waals surface area contributed by atoms with E-state index < -0.39 is 41.5 Å². The van der Waals surface area contributed by atoms with Crippen molar-refractivity contribution in [2.75, 3.05) is 17.6 Å². The van der Waals surface area contributed by atoms with Gasteiger partial charge in [-0.3, -0.25) is 9.59 Å². The van der Waals surface area contributed by atoms with Gasteiger partial charge in [0.2, 0.25) is 11.8 Å². The molecule has 4 rings (SSSR count). The fourth-order valence-corrected chi connectivity index (χ4v) is 3.77. The first-order valence-corrected chi connectivity index (χ1v) is 11.4. The number of benzene rings is 3. The van der Waals surface area contributed by atoms with E-state index in [1.807, 2.05) is 60.7 Å². The Kier molecular flexibility index (Phi) is 7.51. The second-order valence-electron chi connectivity index (χ2n) is 7.23. The Morgan fingerprint density at radius 1 is 0.829 bits per heavy atom.